The second-order valence-corrected chi connectivity index (χ2v) is 7.63. The number of allylic oxidation sites excluding steroid dienone is 1. The van der Waals surface area contributed by atoms with Gasteiger partial charge in [-0.05, 0) is 42.9 Å². The zero-order valence-electron chi connectivity index (χ0n) is 16.1. The molecule has 142 valence electrons. The Morgan fingerprint density at radius 3 is 2.56 bits per heavy atom. The Labute approximate surface area is 159 Å². The maximum atomic E-state index is 13.4. The van der Waals surface area contributed by atoms with Crippen LogP contribution in [0.25, 0.3) is 11.6 Å². The average Bonchev–Trinajstić information content (AvgIpc) is 3.29. The fourth-order valence-electron chi connectivity index (χ4n) is 4.54. The number of nitrogens with one attached hydrogen (secondary N) is 1. The van der Waals surface area contributed by atoms with Crippen LogP contribution in [-0.4, -0.2) is 33.4 Å². The molecule has 1 aliphatic heterocycles. The summed E-state index contributed by atoms with van der Waals surface area (Å²) in [6.45, 7) is 6.44. The topological polar surface area (TPSA) is 58.1 Å². The largest absolute Gasteiger partial charge is 0.342 e. The predicted octanol–water partition coefficient (Wildman–Crippen LogP) is 3.17. The van der Waals surface area contributed by atoms with Crippen LogP contribution in [0.15, 0.2) is 35.1 Å². The minimum absolute atomic E-state index is 0.0849. The Hall–Kier alpha value is -2.56. The first-order valence-electron chi connectivity index (χ1n) is 9.97. The molecule has 0 saturated carbocycles. The van der Waals surface area contributed by atoms with Crippen LogP contribution >= 0.6 is 0 Å². The van der Waals surface area contributed by atoms with Gasteiger partial charge in [-0.15, -0.1) is 0 Å². The Morgan fingerprint density at radius 1 is 1.19 bits per heavy atom. The zero-order chi connectivity index (χ0) is 19.0. The number of H-pyrrole nitrogens is 1. The second-order valence-electron chi connectivity index (χ2n) is 7.63. The van der Waals surface area contributed by atoms with Crippen molar-refractivity contribution in [2.45, 2.75) is 39.7 Å². The van der Waals surface area contributed by atoms with Crippen molar-refractivity contribution in [1.82, 2.24) is 14.5 Å². The van der Waals surface area contributed by atoms with Gasteiger partial charge in [-0.25, -0.2) is 4.79 Å². The first-order chi connectivity index (χ1) is 13.1. The number of rotatable bonds is 3. The van der Waals surface area contributed by atoms with Gasteiger partial charge in [0, 0.05) is 31.7 Å². The van der Waals surface area contributed by atoms with Crippen LogP contribution in [0, 0.1) is 11.8 Å². The van der Waals surface area contributed by atoms with Crippen LogP contribution in [0.3, 0.4) is 0 Å². The third-order valence-electron chi connectivity index (χ3n) is 6.09. The summed E-state index contributed by atoms with van der Waals surface area (Å²) in [5.74, 6) is 0.163. The van der Waals surface area contributed by atoms with Gasteiger partial charge in [-0.3, -0.25) is 9.36 Å². The molecule has 2 heterocycles. The van der Waals surface area contributed by atoms with Crippen molar-refractivity contribution >= 4 is 17.6 Å². The van der Waals surface area contributed by atoms with Crippen LogP contribution in [0.4, 0.5) is 0 Å². The molecule has 1 aromatic carbocycles. The summed E-state index contributed by atoms with van der Waals surface area (Å²) in [5, 5.41) is 0. The van der Waals surface area contributed by atoms with Gasteiger partial charge in [0.15, 0.2) is 0 Å². The van der Waals surface area contributed by atoms with E-state index in [9.17, 15) is 9.59 Å². The number of likely N-dealkylation sites (tertiary alicyclic amines) is 1. The molecule has 2 aromatic rings. The third-order valence-corrected chi connectivity index (χ3v) is 6.09. The Bertz CT molecular complexity index is 917. The number of hydrogen-bond acceptors (Lipinski definition) is 2. The molecule has 2 atom stereocenters. The van der Waals surface area contributed by atoms with E-state index in [-0.39, 0.29) is 23.4 Å². The normalized spacial score (nSPS) is 22.3. The lowest BCUT2D eigenvalue weighted by atomic mass is 9.82. The summed E-state index contributed by atoms with van der Waals surface area (Å²) in [4.78, 5) is 30.8. The number of carbonyl (C=O) groups excluding carboxylic acids is 1. The van der Waals surface area contributed by atoms with Gasteiger partial charge in [0.1, 0.15) is 0 Å². The highest BCUT2D eigenvalue weighted by atomic mass is 16.2. The van der Waals surface area contributed by atoms with E-state index in [4.69, 9.17) is 0 Å². The number of amides is 1. The maximum absolute atomic E-state index is 13.4. The van der Waals surface area contributed by atoms with E-state index in [2.05, 4.69) is 30.1 Å². The fourth-order valence-corrected chi connectivity index (χ4v) is 4.54. The van der Waals surface area contributed by atoms with Crippen molar-refractivity contribution in [2.75, 3.05) is 13.1 Å². The van der Waals surface area contributed by atoms with E-state index in [1.165, 1.54) is 0 Å². The molecule has 0 bridgehead atoms. The molecule has 1 aromatic heterocycles. The minimum Gasteiger partial charge on any atom is -0.342 e. The summed E-state index contributed by atoms with van der Waals surface area (Å²) in [6, 6.07) is 10.2. The van der Waals surface area contributed by atoms with Crippen LogP contribution in [0.1, 0.15) is 43.6 Å². The molecule has 5 heteroatoms. The van der Waals surface area contributed by atoms with Gasteiger partial charge >= 0.3 is 5.69 Å². The molecule has 0 spiro atoms. The first kappa shape index (κ1) is 17.8. The highest BCUT2D eigenvalue weighted by Gasteiger charge is 2.36. The number of carbonyl (C=O) groups is 1. The van der Waals surface area contributed by atoms with Crippen molar-refractivity contribution in [2.24, 2.45) is 11.8 Å². The van der Waals surface area contributed by atoms with E-state index in [0.717, 1.165) is 48.5 Å². The Morgan fingerprint density at radius 2 is 1.89 bits per heavy atom. The molecule has 1 saturated heterocycles. The monoisotopic (exact) mass is 365 g/mol. The van der Waals surface area contributed by atoms with Crippen molar-refractivity contribution in [3.8, 4) is 0 Å². The predicted molar refractivity (Wildman–Crippen MR) is 107 cm³/mol. The zero-order valence-corrected chi connectivity index (χ0v) is 16.1. The lowest BCUT2D eigenvalue weighted by Gasteiger charge is -2.28. The van der Waals surface area contributed by atoms with Crippen molar-refractivity contribution in [3.63, 3.8) is 0 Å². The minimum atomic E-state index is -0.149. The highest BCUT2D eigenvalue weighted by Crippen LogP contribution is 2.37. The van der Waals surface area contributed by atoms with Crippen molar-refractivity contribution in [1.29, 1.82) is 0 Å². The summed E-state index contributed by atoms with van der Waals surface area (Å²) < 4.78 is 1.77. The highest BCUT2D eigenvalue weighted by molar-refractivity contribution is 5.89. The van der Waals surface area contributed by atoms with Crippen LogP contribution in [0.5, 0.6) is 0 Å². The van der Waals surface area contributed by atoms with Crippen molar-refractivity contribution < 1.29 is 4.79 Å². The van der Waals surface area contributed by atoms with Crippen molar-refractivity contribution in [3.05, 3.63) is 57.8 Å². The molecule has 1 aliphatic carbocycles. The number of nitrogens with zero attached hydrogens (tertiary/aromatic N) is 2. The SMILES string of the molecule is CCn1c2c([nH]c1=O)C=C(c1ccccc1)[C@@H](C)[C@@H](C(=O)N1CCCC1)C2. The number of imidazole rings is 1. The van der Waals surface area contributed by atoms with Gasteiger partial charge in [0.05, 0.1) is 11.6 Å². The molecule has 5 nitrogen and oxygen atoms in total. The summed E-state index contributed by atoms with van der Waals surface area (Å²) >= 11 is 0. The fraction of sp³-hybridized carbons (Fsp3) is 0.455. The number of benzene rings is 1. The summed E-state index contributed by atoms with van der Waals surface area (Å²) in [6.07, 6.45) is 4.86. The van der Waals surface area contributed by atoms with Gasteiger partial charge in [-0.1, -0.05) is 37.3 Å². The number of fused-ring (bicyclic) bond motifs is 1. The van der Waals surface area contributed by atoms with Gasteiger partial charge < -0.3 is 9.88 Å². The van der Waals surface area contributed by atoms with Crippen LogP contribution in [-0.2, 0) is 17.8 Å². The molecule has 2 aliphatic rings. The van der Waals surface area contributed by atoms with Crippen LogP contribution in [0.2, 0.25) is 0 Å². The van der Waals surface area contributed by atoms with Gasteiger partial charge in [0.25, 0.3) is 0 Å². The molecule has 1 fully saturated rings. The maximum Gasteiger partial charge on any atom is 0.326 e. The molecule has 27 heavy (non-hydrogen) atoms. The molecular weight excluding hydrogens is 338 g/mol. The summed E-state index contributed by atoms with van der Waals surface area (Å²) in [5.41, 5.74) is 3.95. The summed E-state index contributed by atoms with van der Waals surface area (Å²) in [7, 11) is 0. The smallest absolute Gasteiger partial charge is 0.326 e. The third kappa shape index (κ3) is 3.15. The molecule has 1 N–H and O–H groups in total. The molecule has 0 radical (unpaired) electrons. The number of aromatic amines is 1. The molecular formula is C22H27N3O2. The lowest BCUT2D eigenvalue weighted by molar-refractivity contribution is -0.135. The average molecular weight is 365 g/mol. The Balaban J connectivity index is 1.83. The molecule has 4 rings (SSSR count). The first-order valence-corrected chi connectivity index (χ1v) is 9.97. The van der Waals surface area contributed by atoms with E-state index >= 15 is 0 Å². The lowest BCUT2D eigenvalue weighted by Crippen LogP contribution is -2.38. The molecule has 0 unspecified atom stereocenters. The number of aromatic nitrogens is 2. The second kappa shape index (κ2) is 7.22. The van der Waals surface area contributed by atoms with Gasteiger partial charge in [0.2, 0.25) is 5.91 Å². The van der Waals surface area contributed by atoms with E-state index < -0.39 is 0 Å². The standard InChI is InChI=1S/C22H27N3O2/c1-3-25-20-14-18(21(26)24-11-7-8-12-24)15(2)17(13-19(20)23-22(25)27)16-9-5-4-6-10-16/h4-6,9-10,13,15,18H,3,7-8,11-12,14H2,1-2H3,(H,23,27)/t15-,18+/m1/s1. The quantitative estimate of drug-likeness (QED) is 0.908. The van der Waals surface area contributed by atoms with E-state index in [1.54, 1.807) is 4.57 Å². The van der Waals surface area contributed by atoms with E-state index in [0.29, 0.717) is 13.0 Å². The number of hydrogen-bond donors (Lipinski definition) is 1. The Kier molecular flexibility index (Phi) is 4.77. The molecule has 1 amide bonds. The van der Waals surface area contributed by atoms with Crippen LogP contribution < -0.4 is 5.69 Å². The van der Waals surface area contributed by atoms with Gasteiger partial charge in [-0.2, -0.15) is 0 Å². The van der Waals surface area contributed by atoms with E-state index in [1.807, 2.05) is 30.0 Å².